The van der Waals surface area contributed by atoms with E-state index in [-0.39, 0.29) is 23.7 Å². The fourth-order valence-electron chi connectivity index (χ4n) is 2.30. The number of hydrogen-bond donors (Lipinski definition) is 1. The molecule has 0 aliphatic rings. The molecule has 6 nitrogen and oxygen atoms in total. The summed E-state index contributed by atoms with van der Waals surface area (Å²) in [7, 11) is 1.30. The molecule has 3 aromatic rings. The van der Waals surface area contributed by atoms with Crippen molar-refractivity contribution in [2.45, 2.75) is 6.54 Å². The Morgan fingerprint density at radius 2 is 2.09 bits per heavy atom. The second kappa shape index (κ2) is 5.96. The van der Waals surface area contributed by atoms with Crippen molar-refractivity contribution < 1.29 is 18.5 Å². The number of nitrogens with zero attached hydrogens (tertiary/aromatic N) is 1. The van der Waals surface area contributed by atoms with Gasteiger partial charge in [-0.1, -0.05) is 18.2 Å². The lowest BCUT2D eigenvalue weighted by Gasteiger charge is -2.08. The molecular weight excluding hydrogens is 303 g/mol. The SMILES string of the molecule is COc1cc(NCc2cc3ccccc3o2)c([N+](=O)[O-])cc1F. The molecule has 0 fully saturated rings. The summed E-state index contributed by atoms with van der Waals surface area (Å²) >= 11 is 0. The van der Waals surface area contributed by atoms with E-state index in [1.807, 2.05) is 30.3 Å². The Morgan fingerprint density at radius 1 is 1.30 bits per heavy atom. The van der Waals surface area contributed by atoms with Crippen LogP contribution in [-0.4, -0.2) is 12.0 Å². The zero-order valence-electron chi connectivity index (χ0n) is 12.2. The average Bonchev–Trinajstić information content (AvgIpc) is 2.96. The van der Waals surface area contributed by atoms with Crippen LogP contribution in [0.5, 0.6) is 5.75 Å². The van der Waals surface area contributed by atoms with E-state index in [0.29, 0.717) is 5.76 Å². The summed E-state index contributed by atoms with van der Waals surface area (Å²) in [5.41, 5.74) is 0.531. The van der Waals surface area contributed by atoms with E-state index < -0.39 is 10.7 Å². The highest BCUT2D eigenvalue weighted by Crippen LogP contribution is 2.32. The van der Waals surface area contributed by atoms with Gasteiger partial charge in [-0.2, -0.15) is 0 Å². The molecule has 0 bridgehead atoms. The summed E-state index contributed by atoms with van der Waals surface area (Å²) in [5, 5.41) is 14.9. The molecule has 0 spiro atoms. The average molecular weight is 316 g/mol. The van der Waals surface area contributed by atoms with E-state index in [0.717, 1.165) is 17.0 Å². The van der Waals surface area contributed by atoms with Gasteiger partial charge in [0, 0.05) is 11.5 Å². The highest BCUT2D eigenvalue weighted by Gasteiger charge is 2.19. The zero-order valence-corrected chi connectivity index (χ0v) is 12.2. The molecule has 2 aromatic carbocycles. The summed E-state index contributed by atoms with van der Waals surface area (Å²) in [4.78, 5) is 10.4. The van der Waals surface area contributed by atoms with Crippen LogP contribution in [0.2, 0.25) is 0 Å². The number of benzene rings is 2. The predicted molar refractivity (Wildman–Crippen MR) is 83.1 cm³/mol. The minimum absolute atomic E-state index is 0.0669. The first kappa shape index (κ1) is 14.8. The lowest BCUT2D eigenvalue weighted by molar-refractivity contribution is -0.384. The number of ether oxygens (including phenoxy) is 1. The highest BCUT2D eigenvalue weighted by atomic mass is 19.1. The molecule has 118 valence electrons. The Hall–Kier alpha value is -3.09. The minimum atomic E-state index is -0.784. The van der Waals surface area contributed by atoms with Crippen molar-refractivity contribution in [2.75, 3.05) is 12.4 Å². The molecule has 23 heavy (non-hydrogen) atoms. The lowest BCUT2D eigenvalue weighted by atomic mass is 10.2. The maximum absolute atomic E-state index is 13.6. The Balaban J connectivity index is 1.88. The number of para-hydroxylation sites is 1. The maximum atomic E-state index is 13.6. The van der Waals surface area contributed by atoms with Gasteiger partial charge in [0.2, 0.25) is 0 Å². The second-order valence-corrected chi connectivity index (χ2v) is 4.87. The number of nitro benzene ring substituents is 1. The second-order valence-electron chi connectivity index (χ2n) is 4.87. The van der Waals surface area contributed by atoms with Gasteiger partial charge in [0.25, 0.3) is 5.69 Å². The van der Waals surface area contributed by atoms with Crippen molar-refractivity contribution in [3.63, 3.8) is 0 Å². The summed E-state index contributed by atoms with van der Waals surface area (Å²) in [6.45, 7) is 0.226. The standard InChI is InChI=1S/C16H13FN2O4/c1-22-16-8-13(14(19(20)21)7-12(16)17)18-9-11-6-10-4-2-3-5-15(10)23-11/h2-8,18H,9H2,1H3. The number of anilines is 1. The van der Waals surface area contributed by atoms with Crippen molar-refractivity contribution in [3.8, 4) is 5.75 Å². The van der Waals surface area contributed by atoms with E-state index >= 15 is 0 Å². The van der Waals surface area contributed by atoms with Gasteiger partial charge in [0.15, 0.2) is 11.6 Å². The van der Waals surface area contributed by atoms with Gasteiger partial charge in [-0.15, -0.1) is 0 Å². The van der Waals surface area contributed by atoms with Crippen molar-refractivity contribution in [1.29, 1.82) is 0 Å². The summed E-state index contributed by atoms with van der Waals surface area (Å²) in [6, 6.07) is 11.4. The molecule has 1 aromatic heterocycles. The first-order valence-corrected chi connectivity index (χ1v) is 6.81. The molecule has 0 aliphatic carbocycles. The molecule has 0 saturated heterocycles. The normalized spacial score (nSPS) is 10.7. The monoisotopic (exact) mass is 316 g/mol. The number of halogens is 1. The topological polar surface area (TPSA) is 77.5 Å². The van der Waals surface area contributed by atoms with Crippen LogP contribution in [0.4, 0.5) is 15.8 Å². The molecule has 7 heteroatoms. The molecule has 0 radical (unpaired) electrons. The van der Waals surface area contributed by atoms with Crippen LogP contribution in [-0.2, 0) is 6.54 Å². The Bertz CT molecular complexity index is 843. The smallest absolute Gasteiger partial charge is 0.295 e. The number of nitro groups is 1. The third-order valence-corrected chi connectivity index (χ3v) is 3.40. The fourth-order valence-corrected chi connectivity index (χ4v) is 2.30. The molecule has 0 amide bonds. The number of methoxy groups -OCH3 is 1. The number of nitrogens with one attached hydrogen (secondary N) is 1. The first-order chi connectivity index (χ1) is 11.1. The van der Waals surface area contributed by atoms with Gasteiger partial charge in [0.05, 0.1) is 24.6 Å². The lowest BCUT2D eigenvalue weighted by Crippen LogP contribution is -2.03. The van der Waals surface area contributed by atoms with Crippen LogP contribution < -0.4 is 10.1 Å². The Morgan fingerprint density at radius 3 is 2.78 bits per heavy atom. The van der Waals surface area contributed by atoms with Crippen molar-refractivity contribution in [2.24, 2.45) is 0 Å². The van der Waals surface area contributed by atoms with E-state index in [1.165, 1.54) is 13.2 Å². The van der Waals surface area contributed by atoms with Gasteiger partial charge in [-0.05, 0) is 12.1 Å². The van der Waals surface area contributed by atoms with Crippen LogP contribution in [0.15, 0.2) is 46.9 Å². The molecule has 0 aliphatic heterocycles. The molecule has 3 rings (SSSR count). The molecule has 0 saturated carbocycles. The quantitative estimate of drug-likeness (QED) is 0.566. The third-order valence-electron chi connectivity index (χ3n) is 3.40. The molecule has 0 atom stereocenters. The van der Waals surface area contributed by atoms with Crippen molar-refractivity contribution >= 4 is 22.3 Å². The fraction of sp³-hybridized carbons (Fsp3) is 0.125. The third kappa shape index (κ3) is 2.94. The number of rotatable bonds is 5. The van der Waals surface area contributed by atoms with Crippen molar-refractivity contribution in [1.82, 2.24) is 0 Å². The van der Waals surface area contributed by atoms with Crippen LogP contribution in [0, 0.1) is 15.9 Å². The molecular formula is C16H13FN2O4. The van der Waals surface area contributed by atoms with Crippen LogP contribution in [0.1, 0.15) is 5.76 Å². The van der Waals surface area contributed by atoms with Crippen molar-refractivity contribution in [3.05, 3.63) is 64.2 Å². The van der Waals surface area contributed by atoms with E-state index in [9.17, 15) is 14.5 Å². The molecule has 1 heterocycles. The minimum Gasteiger partial charge on any atom is -0.494 e. The Kier molecular flexibility index (Phi) is 3.84. The summed E-state index contributed by atoms with van der Waals surface area (Å²) in [6.07, 6.45) is 0. The van der Waals surface area contributed by atoms with E-state index in [1.54, 1.807) is 0 Å². The van der Waals surface area contributed by atoms with E-state index in [2.05, 4.69) is 5.32 Å². The van der Waals surface area contributed by atoms with Crippen LogP contribution in [0.25, 0.3) is 11.0 Å². The van der Waals surface area contributed by atoms with Gasteiger partial charge >= 0.3 is 0 Å². The van der Waals surface area contributed by atoms with Gasteiger partial charge in [-0.3, -0.25) is 10.1 Å². The number of hydrogen-bond acceptors (Lipinski definition) is 5. The Labute approximate surface area is 130 Å². The van der Waals surface area contributed by atoms with Crippen LogP contribution >= 0.6 is 0 Å². The summed E-state index contributed by atoms with van der Waals surface area (Å²) < 4.78 is 24.1. The van der Waals surface area contributed by atoms with Gasteiger partial charge in [-0.25, -0.2) is 4.39 Å². The van der Waals surface area contributed by atoms with Crippen LogP contribution in [0.3, 0.4) is 0 Å². The number of furan rings is 1. The predicted octanol–water partition coefficient (Wildman–Crippen LogP) is 4.10. The maximum Gasteiger partial charge on any atom is 0.295 e. The largest absolute Gasteiger partial charge is 0.494 e. The zero-order chi connectivity index (χ0) is 16.4. The molecule has 0 unspecified atom stereocenters. The van der Waals surface area contributed by atoms with Gasteiger partial charge < -0.3 is 14.5 Å². The summed E-state index contributed by atoms with van der Waals surface area (Å²) in [5.74, 6) is -0.236. The van der Waals surface area contributed by atoms with Gasteiger partial charge in [0.1, 0.15) is 17.0 Å². The first-order valence-electron chi connectivity index (χ1n) is 6.81. The molecule has 1 N–H and O–H groups in total. The number of fused-ring (bicyclic) bond motifs is 1. The highest BCUT2D eigenvalue weighted by molar-refractivity contribution is 5.77. The van der Waals surface area contributed by atoms with E-state index in [4.69, 9.17) is 9.15 Å².